The van der Waals surface area contributed by atoms with Crippen LogP contribution < -0.4 is 0 Å². The number of hydrogen-bond donors (Lipinski definition) is 1. The van der Waals surface area contributed by atoms with Crippen molar-refractivity contribution in [2.45, 2.75) is 200 Å². The van der Waals surface area contributed by atoms with E-state index in [4.69, 9.17) is 9.47 Å². The summed E-state index contributed by atoms with van der Waals surface area (Å²) in [6, 6.07) is 0. The van der Waals surface area contributed by atoms with E-state index in [0.717, 1.165) is 135 Å². The average molecular weight is 933 g/mol. The molecule has 0 aromatic heterocycles. The molecule has 0 radical (unpaired) electrons. The Balaban J connectivity index is 3.66. The number of unbranched alkanes of at least 4 members (excludes halogenated alkanes) is 10. The van der Waals surface area contributed by atoms with Gasteiger partial charge in [0.1, 0.15) is 6.61 Å². The van der Waals surface area contributed by atoms with Crippen LogP contribution in [0, 0.1) is 0 Å². The third-order valence-electron chi connectivity index (χ3n) is 10.5. The van der Waals surface area contributed by atoms with Crippen molar-refractivity contribution < 1.29 is 24.2 Å². The number of aliphatic hydroxyl groups is 1. The number of ether oxygens (including phenoxy) is 2. The fourth-order valence-electron chi connectivity index (χ4n) is 6.57. The highest BCUT2D eigenvalue weighted by molar-refractivity contribution is 5.70. The summed E-state index contributed by atoms with van der Waals surface area (Å²) in [5, 5.41) is 9.61. The van der Waals surface area contributed by atoms with Gasteiger partial charge in [-0.3, -0.25) is 9.59 Å². The van der Waals surface area contributed by atoms with Crippen LogP contribution in [0.3, 0.4) is 0 Å². The van der Waals surface area contributed by atoms with Crippen molar-refractivity contribution in [1.29, 1.82) is 0 Å². The first-order valence-electron chi connectivity index (χ1n) is 26.7. The molecular weight excluding hydrogens is 837 g/mol. The van der Waals surface area contributed by atoms with Gasteiger partial charge in [-0.1, -0.05) is 223 Å². The topological polar surface area (TPSA) is 72.8 Å². The number of hydrogen-bond acceptors (Lipinski definition) is 5. The number of carbonyl (C=O) groups is 2. The minimum atomic E-state index is -0.806. The molecule has 0 bridgehead atoms. The molecule has 1 atom stereocenters. The summed E-state index contributed by atoms with van der Waals surface area (Å²) in [5.74, 6) is -0.664. The highest BCUT2D eigenvalue weighted by Gasteiger charge is 2.16. The molecule has 0 heterocycles. The predicted molar refractivity (Wildman–Crippen MR) is 297 cm³/mol. The lowest BCUT2D eigenvalue weighted by molar-refractivity contribution is -0.161. The van der Waals surface area contributed by atoms with Crippen molar-refractivity contribution in [2.24, 2.45) is 0 Å². The Labute approximate surface area is 417 Å². The van der Waals surface area contributed by atoms with E-state index in [1.807, 2.05) is 0 Å². The second kappa shape index (κ2) is 56.6. The molecule has 0 aromatic rings. The summed E-state index contributed by atoms with van der Waals surface area (Å²) >= 11 is 0. The van der Waals surface area contributed by atoms with Crippen LogP contribution >= 0.6 is 0 Å². The number of aliphatic hydroxyl groups excluding tert-OH is 1. The normalized spacial score (nSPS) is 13.6. The highest BCUT2D eigenvalue weighted by Crippen LogP contribution is 2.12. The molecule has 5 nitrogen and oxygen atoms in total. The molecule has 1 N–H and O–H groups in total. The largest absolute Gasteiger partial charge is 0.462 e. The maximum atomic E-state index is 12.3. The SMILES string of the molecule is CC/C=C\C/C=C\C/C=C\C/C=C\C/C=C\C/C=C\C/C=C\C/C=C\C/C=C\C/C=C\CCCCCCCCCCC(=O)OC(CO)COC(=O)CCCC/C=C\C/C=C\C/C=C\C/C=C\CC. The van der Waals surface area contributed by atoms with Gasteiger partial charge in [0.25, 0.3) is 0 Å². The molecule has 0 aromatic carbocycles. The lowest BCUT2D eigenvalue weighted by atomic mass is 10.1. The third kappa shape index (κ3) is 53.9. The van der Waals surface area contributed by atoms with Crippen LogP contribution in [0.1, 0.15) is 194 Å². The van der Waals surface area contributed by atoms with Gasteiger partial charge in [-0.05, 0) is 128 Å². The van der Waals surface area contributed by atoms with Gasteiger partial charge < -0.3 is 14.6 Å². The summed E-state index contributed by atoms with van der Waals surface area (Å²) in [7, 11) is 0. The maximum absolute atomic E-state index is 12.3. The molecule has 5 heteroatoms. The number of esters is 2. The fourth-order valence-corrected chi connectivity index (χ4v) is 6.57. The summed E-state index contributed by atoms with van der Waals surface area (Å²) in [5.41, 5.74) is 0. The van der Waals surface area contributed by atoms with Crippen molar-refractivity contribution in [3.05, 3.63) is 170 Å². The van der Waals surface area contributed by atoms with Crippen LogP contribution in [0.2, 0.25) is 0 Å². The lowest BCUT2D eigenvalue weighted by Crippen LogP contribution is -2.28. The molecule has 378 valence electrons. The Hall–Kier alpha value is -4.74. The van der Waals surface area contributed by atoms with Crippen molar-refractivity contribution in [2.75, 3.05) is 13.2 Å². The van der Waals surface area contributed by atoms with E-state index in [1.165, 1.54) is 32.1 Å². The van der Waals surface area contributed by atoms with Crippen molar-refractivity contribution in [3.8, 4) is 0 Å². The van der Waals surface area contributed by atoms with Crippen LogP contribution in [-0.2, 0) is 19.1 Å². The minimum absolute atomic E-state index is 0.102. The van der Waals surface area contributed by atoms with Gasteiger partial charge >= 0.3 is 11.9 Å². The molecule has 0 saturated heterocycles. The van der Waals surface area contributed by atoms with Crippen molar-refractivity contribution in [3.63, 3.8) is 0 Å². The van der Waals surface area contributed by atoms with Crippen molar-refractivity contribution >= 4 is 11.9 Å². The van der Waals surface area contributed by atoms with Crippen LogP contribution in [0.15, 0.2) is 170 Å². The van der Waals surface area contributed by atoms with Crippen molar-refractivity contribution in [1.82, 2.24) is 0 Å². The molecule has 0 fully saturated rings. The minimum Gasteiger partial charge on any atom is -0.462 e. The van der Waals surface area contributed by atoms with Gasteiger partial charge in [-0.15, -0.1) is 0 Å². The summed E-state index contributed by atoms with van der Waals surface area (Å²) < 4.78 is 10.6. The van der Waals surface area contributed by atoms with Gasteiger partial charge in [0.15, 0.2) is 6.10 Å². The Kier molecular flexibility index (Phi) is 52.6. The molecule has 0 spiro atoms. The van der Waals surface area contributed by atoms with Crippen LogP contribution in [0.25, 0.3) is 0 Å². The number of carbonyl (C=O) groups excluding carboxylic acids is 2. The van der Waals surface area contributed by atoms with Crippen LogP contribution in [0.4, 0.5) is 0 Å². The second-order valence-corrected chi connectivity index (χ2v) is 16.8. The standard InChI is InChI=1S/C63H96O5/c1-3-5-7-9-11-13-15-17-19-20-21-22-23-24-25-26-27-28-29-30-31-32-33-34-35-36-37-38-39-40-41-42-44-46-48-50-52-54-56-58-63(66)68-61(59-64)60-67-62(65)57-55-53-51-49-47-45-43-18-16-14-12-10-8-6-4-2/h5-8,11-14,17-19,21-22,24-25,27-28,30-31,33-34,36-37,39-40,43,47,49,61,64H,3-4,9-10,15-16,20,23,26,29,32,35,38,41-42,44-46,48,50-60H2,1-2H3/b7-5-,8-6-,13-11-,14-12-,19-17-,22-21-,25-24-,28-27-,31-30-,34-33-,37-36-,40-39-,43-18-,49-47-. The highest BCUT2D eigenvalue weighted by atomic mass is 16.6. The average Bonchev–Trinajstić information content (AvgIpc) is 3.34. The van der Waals surface area contributed by atoms with E-state index in [1.54, 1.807) is 0 Å². The number of rotatable bonds is 46. The first kappa shape index (κ1) is 63.3. The van der Waals surface area contributed by atoms with Gasteiger partial charge in [-0.2, -0.15) is 0 Å². The molecule has 68 heavy (non-hydrogen) atoms. The van der Waals surface area contributed by atoms with E-state index in [0.29, 0.717) is 12.8 Å². The first-order valence-corrected chi connectivity index (χ1v) is 26.7. The van der Waals surface area contributed by atoms with Crippen LogP contribution in [-0.4, -0.2) is 36.4 Å². The molecule has 0 rings (SSSR count). The fraction of sp³-hybridized carbons (Fsp3) is 0.524. The Bertz CT molecular complexity index is 1570. The Morgan fingerprint density at radius 2 is 0.588 bits per heavy atom. The molecule has 0 saturated carbocycles. The van der Waals surface area contributed by atoms with E-state index >= 15 is 0 Å². The van der Waals surface area contributed by atoms with Gasteiger partial charge in [0.2, 0.25) is 0 Å². The molecule has 0 aliphatic heterocycles. The summed E-state index contributed by atoms with van der Waals surface area (Å²) in [4.78, 5) is 24.4. The molecule has 0 aliphatic rings. The van der Waals surface area contributed by atoms with E-state index in [2.05, 4.69) is 184 Å². The third-order valence-corrected chi connectivity index (χ3v) is 10.5. The monoisotopic (exact) mass is 933 g/mol. The van der Waals surface area contributed by atoms with Gasteiger partial charge in [-0.25, -0.2) is 0 Å². The summed E-state index contributed by atoms with van der Waals surface area (Å²) in [6.07, 6.45) is 88.9. The first-order chi connectivity index (χ1) is 33.6. The van der Waals surface area contributed by atoms with E-state index in [9.17, 15) is 14.7 Å². The molecule has 1 unspecified atom stereocenters. The quantitative estimate of drug-likeness (QED) is 0.0374. The molecule has 0 amide bonds. The second-order valence-electron chi connectivity index (χ2n) is 16.8. The van der Waals surface area contributed by atoms with Gasteiger partial charge in [0, 0.05) is 12.8 Å². The number of allylic oxidation sites excluding steroid dienone is 28. The predicted octanol–water partition coefficient (Wildman–Crippen LogP) is 18.2. The van der Waals surface area contributed by atoms with E-state index in [-0.39, 0.29) is 25.2 Å². The van der Waals surface area contributed by atoms with Gasteiger partial charge in [0.05, 0.1) is 6.61 Å². The zero-order valence-electron chi connectivity index (χ0n) is 43.0. The van der Waals surface area contributed by atoms with E-state index < -0.39 is 6.10 Å². The zero-order valence-corrected chi connectivity index (χ0v) is 43.0. The smallest absolute Gasteiger partial charge is 0.306 e. The zero-order chi connectivity index (χ0) is 49.2. The van der Waals surface area contributed by atoms with Crippen LogP contribution in [0.5, 0.6) is 0 Å². The summed E-state index contributed by atoms with van der Waals surface area (Å²) in [6.45, 7) is 3.84. The Morgan fingerprint density at radius 1 is 0.338 bits per heavy atom. The Morgan fingerprint density at radius 3 is 0.912 bits per heavy atom. The molecular formula is C63H96O5. The maximum Gasteiger partial charge on any atom is 0.306 e. The molecule has 0 aliphatic carbocycles. The lowest BCUT2D eigenvalue weighted by Gasteiger charge is -2.15.